The molecule has 88 valence electrons. The van der Waals surface area contributed by atoms with Gasteiger partial charge in [-0.2, -0.15) is 0 Å². The molecular weight excluding hydrogens is 220 g/mol. The van der Waals surface area contributed by atoms with Crippen LogP contribution < -0.4 is 0 Å². The lowest BCUT2D eigenvalue weighted by atomic mass is 10.2. The van der Waals surface area contributed by atoms with Crippen molar-refractivity contribution >= 4 is 0 Å². The van der Waals surface area contributed by atoms with Crippen LogP contribution in [0.2, 0.25) is 0 Å². The molecule has 0 unspecified atom stereocenters. The summed E-state index contributed by atoms with van der Waals surface area (Å²) in [7, 11) is 0. The normalized spacial score (nSPS) is 9.11. The fraction of sp³-hybridized carbons (Fsp3) is 0. The van der Waals surface area contributed by atoms with Gasteiger partial charge in [0, 0.05) is 12.4 Å². The van der Waals surface area contributed by atoms with E-state index in [0.29, 0.717) is 0 Å². The summed E-state index contributed by atoms with van der Waals surface area (Å²) in [5.74, 6) is 0. The molecule has 0 saturated heterocycles. The Morgan fingerprint density at radius 3 is 1.11 bits per heavy atom. The van der Waals surface area contributed by atoms with E-state index in [9.17, 15) is 0 Å². The largest absolute Gasteiger partial charge is 0.255 e. The molecule has 2 heterocycles. The van der Waals surface area contributed by atoms with Crippen molar-refractivity contribution in [2.24, 2.45) is 0 Å². The van der Waals surface area contributed by atoms with Crippen LogP contribution in [-0.4, -0.2) is 9.97 Å². The van der Waals surface area contributed by atoms with Gasteiger partial charge in [-0.15, -0.1) is 0 Å². The van der Waals surface area contributed by atoms with Crippen LogP contribution in [0.1, 0.15) is 0 Å². The second kappa shape index (κ2) is 6.97. The fourth-order valence-corrected chi connectivity index (χ4v) is 1.41. The molecule has 0 saturated carbocycles. The summed E-state index contributed by atoms with van der Waals surface area (Å²) in [6.45, 7) is 0. The summed E-state index contributed by atoms with van der Waals surface area (Å²) in [5, 5.41) is 0. The van der Waals surface area contributed by atoms with Crippen LogP contribution in [-0.2, 0) is 0 Å². The lowest BCUT2D eigenvalue weighted by Crippen LogP contribution is -1.83. The third-order valence-electron chi connectivity index (χ3n) is 2.26. The number of hydrogen-bond donors (Lipinski definition) is 0. The summed E-state index contributed by atoms with van der Waals surface area (Å²) in [5.41, 5.74) is 1.83. The lowest BCUT2D eigenvalue weighted by molar-refractivity contribution is 1.25. The van der Waals surface area contributed by atoms with Gasteiger partial charge in [-0.1, -0.05) is 48.5 Å². The predicted octanol–water partition coefficient (Wildman–Crippen LogP) is 3.83. The van der Waals surface area contributed by atoms with Gasteiger partial charge in [0.1, 0.15) is 0 Å². The molecule has 0 spiro atoms. The fourth-order valence-electron chi connectivity index (χ4n) is 1.41. The third kappa shape index (κ3) is 3.83. The maximum atomic E-state index is 4.19. The second-order valence-corrected chi connectivity index (χ2v) is 3.58. The van der Waals surface area contributed by atoms with Gasteiger partial charge < -0.3 is 0 Å². The Balaban J connectivity index is 0.000000169. The summed E-state index contributed by atoms with van der Waals surface area (Å²) >= 11 is 0. The summed E-state index contributed by atoms with van der Waals surface area (Å²) in [4.78, 5) is 8.37. The van der Waals surface area contributed by atoms with E-state index in [0.717, 1.165) is 11.4 Å². The van der Waals surface area contributed by atoms with Crippen molar-refractivity contribution in [1.29, 1.82) is 0 Å². The number of benzene rings is 1. The van der Waals surface area contributed by atoms with Crippen molar-refractivity contribution in [1.82, 2.24) is 9.97 Å². The molecule has 0 aliphatic carbocycles. The van der Waals surface area contributed by atoms with Gasteiger partial charge in [0.25, 0.3) is 0 Å². The molecule has 3 rings (SSSR count). The molecule has 2 heteroatoms. The average molecular weight is 234 g/mol. The number of aromatic nitrogens is 2. The molecule has 0 N–H and O–H groups in total. The monoisotopic (exact) mass is 234 g/mol. The van der Waals surface area contributed by atoms with Gasteiger partial charge in [-0.05, 0) is 24.3 Å². The van der Waals surface area contributed by atoms with Crippen LogP contribution in [0.25, 0.3) is 11.4 Å². The number of nitrogens with zero attached hydrogens (tertiary/aromatic N) is 2. The summed E-state index contributed by atoms with van der Waals surface area (Å²) in [6, 6.07) is 23.6. The molecule has 2 aromatic heterocycles. The first-order chi connectivity index (χ1) is 8.97. The zero-order valence-electron chi connectivity index (χ0n) is 9.98. The molecule has 0 aliphatic heterocycles. The maximum absolute atomic E-state index is 4.19. The van der Waals surface area contributed by atoms with Gasteiger partial charge in [0.05, 0.1) is 11.4 Å². The number of rotatable bonds is 1. The Hall–Kier alpha value is -2.48. The number of pyridine rings is 2. The topological polar surface area (TPSA) is 25.8 Å². The average Bonchev–Trinajstić information content (AvgIpc) is 2.51. The highest BCUT2D eigenvalue weighted by Gasteiger charge is 1.95. The van der Waals surface area contributed by atoms with Crippen LogP contribution in [0.3, 0.4) is 0 Å². The minimum absolute atomic E-state index is 0.915. The zero-order chi connectivity index (χ0) is 12.5. The molecular formula is C16H14N2. The van der Waals surface area contributed by atoms with Crippen molar-refractivity contribution in [3.05, 3.63) is 85.2 Å². The van der Waals surface area contributed by atoms with Gasteiger partial charge in [-0.3, -0.25) is 9.97 Å². The standard InChI is InChI=1S/C10H8N2.C6H6/c1-3-7-11-9(5-1)10-6-2-4-8-12-10;1-2-4-6-5-3-1/h1-8H;1-6H. The van der Waals surface area contributed by atoms with Crippen molar-refractivity contribution in [3.63, 3.8) is 0 Å². The van der Waals surface area contributed by atoms with Gasteiger partial charge >= 0.3 is 0 Å². The summed E-state index contributed by atoms with van der Waals surface area (Å²) in [6.07, 6.45) is 3.54. The van der Waals surface area contributed by atoms with E-state index in [2.05, 4.69) is 9.97 Å². The van der Waals surface area contributed by atoms with E-state index >= 15 is 0 Å². The van der Waals surface area contributed by atoms with Crippen molar-refractivity contribution in [2.45, 2.75) is 0 Å². The Bertz CT molecular complexity index is 472. The highest BCUT2D eigenvalue weighted by Crippen LogP contribution is 2.10. The van der Waals surface area contributed by atoms with Crippen LogP contribution in [0, 0.1) is 0 Å². The van der Waals surface area contributed by atoms with Crippen molar-refractivity contribution in [2.75, 3.05) is 0 Å². The highest BCUT2D eigenvalue weighted by atomic mass is 14.7. The van der Waals surface area contributed by atoms with E-state index in [1.807, 2.05) is 72.8 Å². The second-order valence-electron chi connectivity index (χ2n) is 3.58. The smallest absolute Gasteiger partial charge is 0.0886 e. The Labute approximate surface area is 107 Å². The molecule has 3 aromatic rings. The zero-order valence-corrected chi connectivity index (χ0v) is 9.98. The molecule has 1 aromatic carbocycles. The minimum Gasteiger partial charge on any atom is -0.255 e. The SMILES string of the molecule is c1ccc(-c2ccccn2)nc1.c1ccccc1. The van der Waals surface area contributed by atoms with E-state index in [4.69, 9.17) is 0 Å². The van der Waals surface area contributed by atoms with Crippen molar-refractivity contribution < 1.29 is 0 Å². The highest BCUT2D eigenvalue weighted by molar-refractivity contribution is 5.52. The molecule has 0 bridgehead atoms. The van der Waals surface area contributed by atoms with Crippen molar-refractivity contribution in [3.8, 4) is 11.4 Å². The minimum atomic E-state index is 0.915. The predicted molar refractivity (Wildman–Crippen MR) is 73.9 cm³/mol. The maximum Gasteiger partial charge on any atom is 0.0886 e. The Morgan fingerprint density at radius 2 is 0.833 bits per heavy atom. The molecule has 2 nitrogen and oxygen atoms in total. The van der Waals surface area contributed by atoms with Crippen LogP contribution in [0.4, 0.5) is 0 Å². The molecule has 0 atom stereocenters. The Kier molecular flexibility index (Phi) is 4.64. The van der Waals surface area contributed by atoms with E-state index in [-0.39, 0.29) is 0 Å². The quantitative estimate of drug-likeness (QED) is 0.639. The van der Waals surface area contributed by atoms with Crippen LogP contribution in [0.5, 0.6) is 0 Å². The first-order valence-electron chi connectivity index (χ1n) is 5.79. The van der Waals surface area contributed by atoms with E-state index in [1.165, 1.54) is 0 Å². The molecule has 18 heavy (non-hydrogen) atoms. The third-order valence-corrected chi connectivity index (χ3v) is 2.26. The van der Waals surface area contributed by atoms with E-state index in [1.54, 1.807) is 12.4 Å². The Morgan fingerprint density at radius 1 is 0.444 bits per heavy atom. The molecule has 0 aliphatic rings. The van der Waals surface area contributed by atoms with Gasteiger partial charge in [-0.25, -0.2) is 0 Å². The number of hydrogen-bond acceptors (Lipinski definition) is 2. The molecule has 0 amide bonds. The first-order valence-corrected chi connectivity index (χ1v) is 5.79. The molecule has 0 fully saturated rings. The van der Waals surface area contributed by atoms with Crippen LogP contribution >= 0.6 is 0 Å². The van der Waals surface area contributed by atoms with Gasteiger partial charge in [0.2, 0.25) is 0 Å². The lowest BCUT2D eigenvalue weighted by Gasteiger charge is -1.96. The van der Waals surface area contributed by atoms with Gasteiger partial charge in [0.15, 0.2) is 0 Å². The van der Waals surface area contributed by atoms with E-state index < -0.39 is 0 Å². The van der Waals surface area contributed by atoms with Crippen LogP contribution in [0.15, 0.2) is 85.2 Å². The summed E-state index contributed by atoms with van der Waals surface area (Å²) < 4.78 is 0. The first kappa shape index (κ1) is 12.0. The molecule has 0 radical (unpaired) electrons.